The molecule has 6 nitrogen and oxygen atoms in total. The molecule has 0 atom stereocenters. The number of benzene rings is 1. The predicted octanol–water partition coefficient (Wildman–Crippen LogP) is 2.18. The van der Waals surface area contributed by atoms with Crippen LogP contribution in [0.25, 0.3) is 0 Å². The number of hydrogen-bond donors (Lipinski definition) is 1. The van der Waals surface area contributed by atoms with Crippen molar-refractivity contribution >= 4 is 17.6 Å². The Morgan fingerprint density at radius 2 is 2.09 bits per heavy atom. The van der Waals surface area contributed by atoms with Crippen LogP contribution >= 0.6 is 0 Å². The summed E-state index contributed by atoms with van der Waals surface area (Å²) in [5, 5.41) is 6.40. The number of anilines is 1. The molecule has 122 valence electrons. The first-order chi connectivity index (χ1) is 11.0. The van der Waals surface area contributed by atoms with Crippen LogP contribution in [-0.4, -0.2) is 23.5 Å². The van der Waals surface area contributed by atoms with Gasteiger partial charge in [-0.3, -0.25) is 14.5 Å². The summed E-state index contributed by atoms with van der Waals surface area (Å²) in [5.74, 6) is 0.0725. The second-order valence-corrected chi connectivity index (χ2v) is 5.08. The molecule has 0 bridgehead atoms. The Morgan fingerprint density at radius 1 is 1.35 bits per heavy atom. The lowest BCUT2D eigenvalue weighted by molar-refractivity contribution is -0.121. The van der Waals surface area contributed by atoms with Crippen molar-refractivity contribution in [2.75, 3.05) is 11.4 Å². The highest BCUT2D eigenvalue weighted by Crippen LogP contribution is 2.14. The van der Waals surface area contributed by atoms with Crippen LogP contribution in [0.5, 0.6) is 0 Å². The van der Waals surface area contributed by atoms with Crippen molar-refractivity contribution in [3.8, 4) is 0 Å². The standard InChI is InChI=1S/C16H18FN3O3/c1-11-9-15(19-23-11)20(12(2)21)8-7-16(22)18-10-13-5-3-4-6-14(13)17/h3-6,9H,7-8,10H2,1-2H3,(H,18,22). The third kappa shape index (κ3) is 4.64. The van der Waals surface area contributed by atoms with E-state index in [0.717, 1.165) is 0 Å². The highest BCUT2D eigenvalue weighted by molar-refractivity contribution is 5.91. The maximum atomic E-state index is 13.5. The molecule has 0 fully saturated rings. The van der Waals surface area contributed by atoms with Gasteiger partial charge in [0.2, 0.25) is 11.8 Å². The van der Waals surface area contributed by atoms with E-state index in [-0.39, 0.29) is 37.1 Å². The Morgan fingerprint density at radius 3 is 2.70 bits per heavy atom. The van der Waals surface area contributed by atoms with Crippen LogP contribution in [0.2, 0.25) is 0 Å². The molecule has 1 aromatic heterocycles. The lowest BCUT2D eigenvalue weighted by Crippen LogP contribution is -2.34. The average molecular weight is 319 g/mol. The zero-order valence-corrected chi connectivity index (χ0v) is 13.0. The van der Waals surface area contributed by atoms with Crippen molar-refractivity contribution in [3.05, 3.63) is 47.5 Å². The summed E-state index contributed by atoms with van der Waals surface area (Å²) in [5.41, 5.74) is 0.413. The number of halogens is 1. The molecule has 0 aliphatic carbocycles. The number of carbonyl (C=O) groups is 2. The first-order valence-corrected chi connectivity index (χ1v) is 7.19. The van der Waals surface area contributed by atoms with Gasteiger partial charge in [-0.2, -0.15) is 0 Å². The molecule has 0 aliphatic rings. The van der Waals surface area contributed by atoms with Gasteiger partial charge in [0.15, 0.2) is 5.82 Å². The Balaban J connectivity index is 1.87. The molecule has 0 unspecified atom stereocenters. The largest absolute Gasteiger partial charge is 0.360 e. The molecule has 2 rings (SSSR count). The fourth-order valence-corrected chi connectivity index (χ4v) is 2.05. The Bertz CT molecular complexity index is 699. The SMILES string of the molecule is CC(=O)N(CCC(=O)NCc1ccccc1F)c1cc(C)on1. The van der Waals surface area contributed by atoms with Gasteiger partial charge in [-0.1, -0.05) is 23.4 Å². The molecule has 1 heterocycles. The molecule has 0 saturated heterocycles. The number of aromatic nitrogens is 1. The minimum atomic E-state index is -0.365. The summed E-state index contributed by atoms with van der Waals surface area (Å²) in [4.78, 5) is 24.9. The number of aryl methyl sites for hydroxylation is 1. The number of nitrogens with one attached hydrogen (secondary N) is 1. The summed E-state index contributed by atoms with van der Waals surface area (Å²) in [6.07, 6.45) is 0.0833. The van der Waals surface area contributed by atoms with Gasteiger partial charge in [-0.05, 0) is 13.0 Å². The maximum Gasteiger partial charge on any atom is 0.225 e. The molecule has 1 aromatic carbocycles. The number of nitrogens with zero attached hydrogens (tertiary/aromatic N) is 2. The topological polar surface area (TPSA) is 75.4 Å². The van der Waals surface area contributed by atoms with E-state index >= 15 is 0 Å². The van der Waals surface area contributed by atoms with Crippen molar-refractivity contribution in [2.45, 2.75) is 26.8 Å². The van der Waals surface area contributed by atoms with Crippen LogP contribution in [0.15, 0.2) is 34.9 Å². The lowest BCUT2D eigenvalue weighted by atomic mass is 10.2. The van der Waals surface area contributed by atoms with Crippen LogP contribution < -0.4 is 10.2 Å². The molecule has 1 N–H and O–H groups in total. The molecule has 2 amide bonds. The van der Waals surface area contributed by atoms with E-state index in [1.807, 2.05) is 0 Å². The molecule has 7 heteroatoms. The highest BCUT2D eigenvalue weighted by Gasteiger charge is 2.16. The smallest absolute Gasteiger partial charge is 0.225 e. The highest BCUT2D eigenvalue weighted by atomic mass is 19.1. The van der Waals surface area contributed by atoms with Gasteiger partial charge in [0.1, 0.15) is 11.6 Å². The molecular weight excluding hydrogens is 301 g/mol. The summed E-state index contributed by atoms with van der Waals surface area (Å²) in [6, 6.07) is 7.86. The van der Waals surface area contributed by atoms with Crippen LogP contribution in [-0.2, 0) is 16.1 Å². The summed E-state index contributed by atoms with van der Waals surface area (Å²) < 4.78 is 18.4. The zero-order valence-electron chi connectivity index (χ0n) is 13.0. The van der Waals surface area contributed by atoms with Gasteiger partial charge in [0, 0.05) is 38.1 Å². The predicted molar refractivity (Wildman–Crippen MR) is 82.1 cm³/mol. The average Bonchev–Trinajstić information content (AvgIpc) is 2.92. The Hall–Kier alpha value is -2.70. The number of rotatable bonds is 6. The molecule has 23 heavy (non-hydrogen) atoms. The third-order valence-electron chi connectivity index (χ3n) is 3.27. The molecule has 0 saturated carbocycles. The van der Waals surface area contributed by atoms with E-state index in [2.05, 4.69) is 10.5 Å². The molecule has 2 aromatic rings. The van der Waals surface area contributed by atoms with E-state index < -0.39 is 0 Å². The first-order valence-electron chi connectivity index (χ1n) is 7.19. The van der Waals surface area contributed by atoms with Gasteiger partial charge in [-0.15, -0.1) is 0 Å². The molecular formula is C16H18FN3O3. The van der Waals surface area contributed by atoms with Gasteiger partial charge >= 0.3 is 0 Å². The third-order valence-corrected chi connectivity index (χ3v) is 3.27. The van der Waals surface area contributed by atoms with E-state index in [1.54, 1.807) is 31.2 Å². The van der Waals surface area contributed by atoms with E-state index in [4.69, 9.17) is 4.52 Å². The molecule has 0 aliphatic heterocycles. The van der Waals surface area contributed by atoms with Crippen LogP contribution in [0.3, 0.4) is 0 Å². The quantitative estimate of drug-likeness (QED) is 0.885. The maximum absolute atomic E-state index is 13.5. The van der Waals surface area contributed by atoms with Crippen LogP contribution in [0.4, 0.5) is 10.2 Å². The van der Waals surface area contributed by atoms with Crippen LogP contribution in [0, 0.1) is 12.7 Å². The van der Waals surface area contributed by atoms with E-state index in [1.165, 1.54) is 17.9 Å². The van der Waals surface area contributed by atoms with E-state index in [0.29, 0.717) is 17.1 Å². The fourth-order valence-electron chi connectivity index (χ4n) is 2.05. The second kappa shape index (κ2) is 7.53. The second-order valence-electron chi connectivity index (χ2n) is 5.08. The number of amides is 2. The Kier molecular flexibility index (Phi) is 5.46. The summed E-state index contributed by atoms with van der Waals surface area (Å²) in [7, 11) is 0. The van der Waals surface area contributed by atoms with Gasteiger partial charge in [0.25, 0.3) is 0 Å². The first kappa shape index (κ1) is 16.7. The van der Waals surface area contributed by atoms with Crippen molar-refractivity contribution in [1.82, 2.24) is 10.5 Å². The molecule has 0 spiro atoms. The Labute approximate surface area is 133 Å². The normalized spacial score (nSPS) is 10.4. The van der Waals surface area contributed by atoms with E-state index in [9.17, 15) is 14.0 Å². The number of carbonyl (C=O) groups excluding carboxylic acids is 2. The summed E-state index contributed by atoms with van der Waals surface area (Å²) >= 11 is 0. The fraction of sp³-hybridized carbons (Fsp3) is 0.312. The minimum Gasteiger partial charge on any atom is -0.360 e. The number of hydrogen-bond acceptors (Lipinski definition) is 4. The van der Waals surface area contributed by atoms with Crippen molar-refractivity contribution < 1.29 is 18.5 Å². The monoisotopic (exact) mass is 319 g/mol. The lowest BCUT2D eigenvalue weighted by Gasteiger charge is -2.17. The molecule has 0 radical (unpaired) electrons. The van der Waals surface area contributed by atoms with Crippen molar-refractivity contribution in [1.29, 1.82) is 0 Å². The van der Waals surface area contributed by atoms with Gasteiger partial charge in [-0.25, -0.2) is 4.39 Å². The van der Waals surface area contributed by atoms with Gasteiger partial charge in [0.05, 0.1) is 0 Å². The van der Waals surface area contributed by atoms with Crippen molar-refractivity contribution in [2.24, 2.45) is 0 Å². The van der Waals surface area contributed by atoms with Crippen molar-refractivity contribution in [3.63, 3.8) is 0 Å². The zero-order chi connectivity index (χ0) is 16.8. The van der Waals surface area contributed by atoms with Crippen LogP contribution in [0.1, 0.15) is 24.7 Å². The van der Waals surface area contributed by atoms with Gasteiger partial charge < -0.3 is 9.84 Å². The summed E-state index contributed by atoms with van der Waals surface area (Å²) in [6.45, 7) is 3.39. The minimum absolute atomic E-state index is 0.0833.